The molecule has 0 amide bonds. The van der Waals surface area contributed by atoms with Gasteiger partial charge in [0.05, 0.1) is 24.4 Å². The summed E-state index contributed by atoms with van der Waals surface area (Å²) in [5, 5.41) is 18.7. The van der Waals surface area contributed by atoms with Crippen LogP contribution in [0.3, 0.4) is 0 Å². The smallest absolute Gasteiger partial charge is 0.161 e. The second kappa shape index (κ2) is 7.40. The van der Waals surface area contributed by atoms with Gasteiger partial charge in [0, 0.05) is 31.9 Å². The highest BCUT2D eigenvalue weighted by Crippen LogP contribution is 2.36. The number of benzene rings is 1. The SMILES string of the molecule is Cl.Cl.O[C@H]1Cc2ccccc2[C@H]1n1ccnc1-c1cc2n(n1)CCNC2. The van der Waals surface area contributed by atoms with Gasteiger partial charge in [-0.3, -0.25) is 4.68 Å². The minimum atomic E-state index is -0.436. The largest absolute Gasteiger partial charge is 0.390 e. The van der Waals surface area contributed by atoms with Gasteiger partial charge in [0.1, 0.15) is 5.69 Å². The van der Waals surface area contributed by atoms with E-state index in [-0.39, 0.29) is 30.9 Å². The molecule has 0 saturated heterocycles. The lowest BCUT2D eigenvalue weighted by Gasteiger charge is -2.19. The Kier molecular flexibility index (Phi) is 5.39. The maximum Gasteiger partial charge on any atom is 0.161 e. The Balaban J connectivity index is 0.000000980. The van der Waals surface area contributed by atoms with Crippen molar-refractivity contribution in [2.75, 3.05) is 6.54 Å². The van der Waals surface area contributed by atoms with Crippen LogP contribution in [0.1, 0.15) is 22.9 Å². The zero-order valence-corrected chi connectivity index (χ0v) is 15.7. The first-order chi connectivity index (χ1) is 11.8. The number of halogens is 2. The van der Waals surface area contributed by atoms with Gasteiger partial charge in [-0.15, -0.1) is 24.8 Å². The van der Waals surface area contributed by atoms with E-state index in [0.29, 0.717) is 6.42 Å². The fourth-order valence-electron chi connectivity index (χ4n) is 3.93. The summed E-state index contributed by atoms with van der Waals surface area (Å²) in [5.74, 6) is 0.817. The average Bonchev–Trinajstić information content (AvgIpc) is 3.29. The lowest BCUT2D eigenvalue weighted by atomic mass is 10.1. The molecule has 6 nitrogen and oxygen atoms in total. The van der Waals surface area contributed by atoms with Crippen molar-refractivity contribution in [1.82, 2.24) is 24.6 Å². The molecule has 0 bridgehead atoms. The van der Waals surface area contributed by atoms with Crippen molar-refractivity contribution in [3.8, 4) is 11.5 Å². The molecule has 8 heteroatoms. The highest BCUT2D eigenvalue weighted by atomic mass is 35.5. The third kappa shape index (κ3) is 2.93. The van der Waals surface area contributed by atoms with Crippen LogP contribution in [0.2, 0.25) is 0 Å². The van der Waals surface area contributed by atoms with E-state index in [1.54, 1.807) is 6.20 Å². The van der Waals surface area contributed by atoms with Crippen LogP contribution in [0.4, 0.5) is 0 Å². The van der Waals surface area contributed by atoms with Crippen LogP contribution in [-0.4, -0.2) is 37.1 Å². The Labute approximate surface area is 164 Å². The lowest BCUT2D eigenvalue weighted by molar-refractivity contribution is 0.145. The number of nitrogens with zero attached hydrogens (tertiary/aromatic N) is 4. The minimum absolute atomic E-state index is 0. The molecule has 138 valence electrons. The number of nitrogens with one attached hydrogen (secondary N) is 1. The van der Waals surface area contributed by atoms with Crippen LogP contribution >= 0.6 is 24.8 Å². The van der Waals surface area contributed by atoms with Crippen LogP contribution in [0.25, 0.3) is 11.5 Å². The highest BCUT2D eigenvalue weighted by Gasteiger charge is 2.33. The first kappa shape index (κ1) is 18.9. The van der Waals surface area contributed by atoms with Crippen molar-refractivity contribution in [2.24, 2.45) is 0 Å². The van der Waals surface area contributed by atoms with E-state index >= 15 is 0 Å². The average molecular weight is 394 g/mol. The molecule has 0 radical (unpaired) electrons. The van der Waals surface area contributed by atoms with Crippen molar-refractivity contribution in [3.63, 3.8) is 0 Å². The van der Waals surface area contributed by atoms with Gasteiger partial charge in [0.15, 0.2) is 5.82 Å². The molecular formula is C18H21Cl2N5O. The highest BCUT2D eigenvalue weighted by molar-refractivity contribution is 5.85. The first-order valence-electron chi connectivity index (χ1n) is 8.38. The van der Waals surface area contributed by atoms with Crippen LogP contribution < -0.4 is 5.32 Å². The van der Waals surface area contributed by atoms with E-state index in [0.717, 1.165) is 31.2 Å². The maximum atomic E-state index is 10.6. The molecule has 2 atom stereocenters. The quantitative estimate of drug-likeness (QED) is 0.700. The molecule has 0 spiro atoms. The Morgan fingerprint density at radius 1 is 1.19 bits per heavy atom. The molecule has 1 aliphatic carbocycles. The van der Waals surface area contributed by atoms with Crippen molar-refractivity contribution in [1.29, 1.82) is 0 Å². The molecule has 1 aliphatic heterocycles. The molecule has 2 aromatic heterocycles. The summed E-state index contributed by atoms with van der Waals surface area (Å²) in [6, 6.07) is 10.2. The number of aromatic nitrogens is 4. The van der Waals surface area contributed by atoms with Gasteiger partial charge in [-0.25, -0.2) is 4.98 Å². The molecule has 0 saturated carbocycles. The number of aliphatic hydroxyl groups excluding tert-OH is 1. The number of hydrogen-bond donors (Lipinski definition) is 2. The van der Waals surface area contributed by atoms with Crippen molar-refractivity contribution in [2.45, 2.75) is 31.7 Å². The second-order valence-corrected chi connectivity index (χ2v) is 6.49. The van der Waals surface area contributed by atoms with Crippen LogP contribution in [0, 0.1) is 0 Å². The molecule has 1 aromatic carbocycles. The molecule has 0 unspecified atom stereocenters. The maximum absolute atomic E-state index is 10.6. The summed E-state index contributed by atoms with van der Waals surface area (Å²) in [5.41, 5.74) is 4.44. The van der Waals surface area contributed by atoms with E-state index in [4.69, 9.17) is 5.10 Å². The summed E-state index contributed by atoms with van der Waals surface area (Å²) < 4.78 is 4.11. The van der Waals surface area contributed by atoms with E-state index in [2.05, 4.69) is 33.1 Å². The predicted molar refractivity (Wildman–Crippen MR) is 104 cm³/mol. The van der Waals surface area contributed by atoms with Crippen LogP contribution in [-0.2, 0) is 19.5 Å². The number of hydrogen-bond acceptors (Lipinski definition) is 4. The molecule has 0 fully saturated rings. The van der Waals surface area contributed by atoms with E-state index < -0.39 is 6.10 Å². The van der Waals surface area contributed by atoms with E-state index in [1.165, 1.54) is 16.8 Å². The Hall–Kier alpha value is -1.86. The zero-order chi connectivity index (χ0) is 16.1. The van der Waals surface area contributed by atoms with Gasteiger partial charge in [-0.05, 0) is 17.2 Å². The number of fused-ring (bicyclic) bond motifs is 2. The van der Waals surface area contributed by atoms with Gasteiger partial charge in [0.2, 0.25) is 0 Å². The molecule has 2 aliphatic rings. The Morgan fingerprint density at radius 3 is 2.88 bits per heavy atom. The molecule has 5 rings (SSSR count). The first-order valence-corrected chi connectivity index (χ1v) is 8.38. The Morgan fingerprint density at radius 2 is 2.04 bits per heavy atom. The van der Waals surface area contributed by atoms with Crippen molar-refractivity contribution >= 4 is 24.8 Å². The van der Waals surface area contributed by atoms with E-state index in [9.17, 15) is 5.11 Å². The molecule has 2 N–H and O–H groups in total. The molecular weight excluding hydrogens is 373 g/mol. The summed E-state index contributed by atoms with van der Waals surface area (Å²) in [4.78, 5) is 4.54. The molecule has 26 heavy (non-hydrogen) atoms. The number of imidazole rings is 1. The fourth-order valence-corrected chi connectivity index (χ4v) is 3.93. The van der Waals surface area contributed by atoms with Gasteiger partial charge in [-0.2, -0.15) is 5.10 Å². The van der Waals surface area contributed by atoms with E-state index in [1.807, 2.05) is 23.0 Å². The summed E-state index contributed by atoms with van der Waals surface area (Å²) in [6.07, 6.45) is 3.98. The van der Waals surface area contributed by atoms with Gasteiger partial charge >= 0.3 is 0 Å². The topological polar surface area (TPSA) is 67.9 Å². The molecule has 3 aromatic rings. The van der Waals surface area contributed by atoms with Gasteiger partial charge in [-0.1, -0.05) is 24.3 Å². The van der Waals surface area contributed by atoms with Gasteiger partial charge in [0.25, 0.3) is 0 Å². The summed E-state index contributed by atoms with van der Waals surface area (Å²) in [6.45, 7) is 2.66. The van der Waals surface area contributed by atoms with Gasteiger partial charge < -0.3 is 15.0 Å². The predicted octanol–water partition coefficient (Wildman–Crippen LogP) is 2.20. The monoisotopic (exact) mass is 393 g/mol. The van der Waals surface area contributed by atoms with Crippen molar-refractivity contribution < 1.29 is 5.11 Å². The summed E-state index contributed by atoms with van der Waals surface area (Å²) in [7, 11) is 0. The number of aliphatic hydroxyl groups is 1. The normalized spacial score (nSPS) is 20.7. The minimum Gasteiger partial charge on any atom is -0.390 e. The standard InChI is InChI=1S/C18H19N5O.2ClH/c24-16-9-12-3-1-2-4-14(12)17(16)22-7-6-20-18(22)15-10-13-11-19-5-8-23(13)21-15;;/h1-4,6-7,10,16-17,19,24H,5,8-9,11H2;2*1H/t16-,17+;;/m0../s1. The Bertz CT molecular complexity index is 883. The third-order valence-corrected chi connectivity index (χ3v) is 5.03. The molecule has 3 heterocycles. The van der Waals surface area contributed by atoms with Crippen LogP contribution in [0.15, 0.2) is 42.7 Å². The summed E-state index contributed by atoms with van der Waals surface area (Å²) >= 11 is 0. The van der Waals surface area contributed by atoms with Crippen molar-refractivity contribution in [3.05, 3.63) is 59.5 Å². The lowest BCUT2D eigenvalue weighted by Crippen LogP contribution is -2.28. The number of rotatable bonds is 2. The second-order valence-electron chi connectivity index (χ2n) is 6.49. The third-order valence-electron chi connectivity index (χ3n) is 5.03. The fraction of sp³-hybridized carbons (Fsp3) is 0.333. The zero-order valence-electron chi connectivity index (χ0n) is 14.1. The van der Waals surface area contributed by atoms with Crippen LogP contribution in [0.5, 0.6) is 0 Å².